The lowest BCUT2D eigenvalue weighted by Gasteiger charge is -2.18. The molecule has 0 bridgehead atoms. The van der Waals surface area contributed by atoms with Gasteiger partial charge in [-0.15, -0.1) is 0 Å². The molecule has 0 aromatic heterocycles. The van der Waals surface area contributed by atoms with Gasteiger partial charge in [-0.2, -0.15) is 0 Å². The van der Waals surface area contributed by atoms with Crippen LogP contribution in [0.3, 0.4) is 0 Å². The molecule has 0 heterocycles. The minimum atomic E-state index is -0.820. The molecule has 0 saturated heterocycles. The van der Waals surface area contributed by atoms with Crippen LogP contribution in [0.25, 0.3) is 0 Å². The fourth-order valence-corrected chi connectivity index (χ4v) is 9.47. The first-order valence-electron chi connectivity index (χ1n) is 33.1. The van der Waals surface area contributed by atoms with Crippen LogP contribution in [-0.2, 0) is 28.6 Å². The SMILES string of the molecule is CC/C=C\C/C=C\C/C=C\C/C=C\C/C=C\C/C=C\CCC(=O)OC(COC(=O)CCCCCCC/C=C\CCCCCC)COC(=O)CCCCCCCCCCCCCCCCCCCCCCCCCCCCC. The average Bonchev–Trinajstić information content (AvgIpc) is 3.43. The van der Waals surface area contributed by atoms with Crippen molar-refractivity contribution in [1.82, 2.24) is 0 Å². The van der Waals surface area contributed by atoms with Crippen molar-refractivity contribution in [2.24, 2.45) is 0 Å². The molecule has 0 aliphatic heterocycles. The molecule has 0 fully saturated rings. The van der Waals surface area contributed by atoms with E-state index in [4.69, 9.17) is 14.2 Å². The Bertz CT molecular complexity index is 1470. The lowest BCUT2D eigenvalue weighted by molar-refractivity contribution is -0.166. The molecule has 0 radical (unpaired) electrons. The van der Waals surface area contributed by atoms with Crippen molar-refractivity contribution < 1.29 is 28.6 Å². The summed E-state index contributed by atoms with van der Waals surface area (Å²) in [6, 6.07) is 0. The molecule has 0 aromatic carbocycles. The number of allylic oxidation sites excluding steroid dienone is 14. The summed E-state index contributed by atoms with van der Waals surface area (Å²) in [4.78, 5) is 38.3. The molecule has 0 aromatic rings. The average molecular weight is 1070 g/mol. The third-order valence-electron chi connectivity index (χ3n) is 14.4. The number of unbranched alkanes of at least 4 members (excludes halogenated alkanes) is 35. The molecule has 6 nitrogen and oxygen atoms in total. The van der Waals surface area contributed by atoms with Crippen molar-refractivity contribution in [3.8, 4) is 0 Å². The maximum absolute atomic E-state index is 12.9. The zero-order chi connectivity index (χ0) is 55.7. The van der Waals surface area contributed by atoms with Crippen molar-refractivity contribution in [2.45, 2.75) is 335 Å². The molecular formula is C71H124O6. The van der Waals surface area contributed by atoms with Crippen LogP contribution >= 0.6 is 0 Å². The highest BCUT2D eigenvalue weighted by Gasteiger charge is 2.19. The molecule has 0 N–H and O–H groups in total. The first-order chi connectivity index (χ1) is 38.0. The summed E-state index contributed by atoms with van der Waals surface area (Å²) in [5, 5.41) is 0. The summed E-state index contributed by atoms with van der Waals surface area (Å²) in [7, 11) is 0. The smallest absolute Gasteiger partial charge is 0.306 e. The van der Waals surface area contributed by atoms with Gasteiger partial charge in [0.25, 0.3) is 0 Å². The summed E-state index contributed by atoms with van der Waals surface area (Å²) in [5.41, 5.74) is 0. The quantitative estimate of drug-likeness (QED) is 0.0261. The molecule has 0 spiro atoms. The summed E-state index contributed by atoms with van der Waals surface area (Å²) in [6.07, 6.45) is 86.2. The van der Waals surface area contributed by atoms with Crippen molar-refractivity contribution in [2.75, 3.05) is 13.2 Å². The van der Waals surface area contributed by atoms with Crippen molar-refractivity contribution in [1.29, 1.82) is 0 Å². The van der Waals surface area contributed by atoms with E-state index in [1.54, 1.807) is 0 Å². The van der Waals surface area contributed by atoms with Crippen LogP contribution in [-0.4, -0.2) is 37.2 Å². The number of carbonyl (C=O) groups excluding carboxylic acids is 3. The van der Waals surface area contributed by atoms with Crippen LogP contribution in [0.5, 0.6) is 0 Å². The lowest BCUT2D eigenvalue weighted by Crippen LogP contribution is -2.30. The molecular weight excluding hydrogens is 949 g/mol. The number of hydrogen-bond donors (Lipinski definition) is 0. The Kier molecular flexibility index (Phi) is 62.2. The third kappa shape index (κ3) is 63.3. The maximum Gasteiger partial charge on any atom is 0.306 e. The second kappa shape index (κ2) is 65.1. The fourth-order valence-electron chi connectivity index (χ4n) is 9.47. The first kappa shape index (κ1) is 73.6. The van der Waals surface area contributed by atoms with Gasteiger partial charge in [-0.3, -0.25) is 14.4 Å². The van der Waals surface area contributed by atoms with Gasteiger partial charge in [-0.05, 0) is 83.5 Å². The summed E-state index contributed by atoms with van der Waals surface area (Å²) >= 11 is 0. The molecule has 0 aliphatic rings. The molecule has 0 amide bonds. The Hall–Kier alpha value is -3.41. The fraction of sp³-hybridized carbons (Fsp3) is 0.761. The van der Waals surface area contributed by atoms with E-state index in [2.05, 4.69) is 99.8 Å². The summed E-state index contributed by atoms with van der Waals surface area (Å²) < 4.78 is 16.8. The highest BCUT2D eigenvalue weighted by atomic mass is 16.6. The molecule has 77 heavy (non-hydrogen) atoms. The van der Waals surface area contributed by atoms with Crippen LogP contribution in [0, 0.1) is 0 Å². The highest BCUT2D eigenvalue weighted by Crippen LogP contribution is 2.17. The van der Waals surface area contributed by atoms with E-state index in [0.29, 0.717) is 19.3 Å². The van der Waals surface area contributed by atoms with Crippen LogP contribution < -0.4 is 0 Å². The number of esters is 3. The topological polar surface area (TPSA) is 78.9 Å². The maximum atomic E-state index is 12.9. The minimum Gasteiger partial charge on any atom is -0.462 e. The van der Waals surface area contributed by atoms with E-state index >= 15 is 0 Å². The van der Waals surface area contributed by atoms with Crippen LogP contribution in [0.4, 0.5) is 0 Å². The summed E-state index contributed by atoms with van der Waals surface area (Å²) in [6.45, 7) is 6.48. The zero-order valence-electron chi connectivity index (χ0n) is 51.0. The van der Waals surface area contributed by atoms with E-state index in [-0.39, 0.29) is 31.6 Å². The first-order valence-corrected chi connectivity index (χ1v) is 33.1. The van der Waals surface area contributed by atoms with Gasteiger partial charge < -0.3 is 14.2 Å². The monoisotopic (exact) mass is 1070 g/mol. The molecule has 6 heteroatoms. The second-order valence-electron chi connectivity index (χ2n) is 22.0. The summed E-state index contributed by atoms with van der Waals surface area (Å²) in [5.74, 6) is -0.988. The normalized spacial score (nSPS) is 12.6. The molecule has 1 atom stereocenters. The number of hydrogen-bond acceptors (Lipinski definition) is 6. The van der Waals surface area contributed by atoms with Gasteiger partial charge in [0.15, 0.2) is 6.10 Å². The van der Waals surface area contributed by atoms with E-state index < -0.39 is 12.1 Å². The molecule has 1 unspecified atom stereocenters. The van der Waals surface area contributed by atoms with Gasteiger partial charge in [0, 0.05) is 19.3 Å². The largest absolute Gasteiger partial charge is 0.462 e. The van der Waals surface area contributed by atoms with Crippen molar-refractivity contribution in [3.05, 3.63) is 85.1 Å². The Morgan fingerprint density at radius 1 is 0.273 bits per heavy atom. The Morgan fingerprint density at radius 3 is 0.857 bits per heavy atom. The van der Waals surface area contributed by atoms with E-state index in [1.165, 1.54) is 193 Å². The van der Waals surface area contributed by atoms with Gasteiger partial charge in [-0.1, -0.05) is 311 Å². The van der Waals surface area contributed by atoms with Gasteiger partial charge in [0.05, 0.1) is 0 Å². The van der Waals surface area contributed by atoms with Crippen LogP contribution in [0.1, 0.15) is 329 Å². The molecule has 0 rings (SSSR count). The van der Waals surface area contributed by atoms with Gasteiger partial charge >= 0.3 is 17.9 Å². The van der Waals surface area contributed by atoms with Gasteiger partial charge in [0.2, 0.25) is 0 Å². The standard InChI is InChI=1S/C71H124O6/c1-4-7-10-13-16-19-22-25-27-29-31-32-33-34-35-36-37-38-40-41-43-46-49-52-55-58-61-64-70(73)76-67-68(66-75-69(72)63-60-57-54-51-48-45-24-21-18-15-12-9-6-3)77-71(74)65-62-59-56-53-50-47-44-42-39-30-28-26-23-20-17-14-11-8-5-2/h8,11,17,20-21,24,26,28,39,42,47,50,56,59,68H,4-7,9-10,12-16,18-19,22-23,25,27,29-38,40-41,43-46,48-49,51-55,57-58,60-67H2,1-3H3/b11-8-,20-17-,24-21-,28-26-,42-39-,50-47-,59-56-. The van der Waals surface area contributed by atoms with Crippen molar-refractivity contribution in [3.63, 3.8) is 0 Å². The van der Waals surface area contributed by atoms with Crippen molar-refractivity contribution >= 4 is 17.9 Å². The van der Waals surface area contributed by atoms with E-state index in [1.807, 2.05) is 6.08 Å². The predicted molar refractivity (Wildman–Crippen MR) is 334 cm³/mol. The number of ether oxygens (including phenoxy) is 3. The molecule has 0 saturated carbocycles. The Labute approximate surface area is 477 Å². The predicted octanol–water partition coefficient (Wildman–Crippen LogP) is 22.7. The van der Waals surface area contributed by atoms with E-state index in [9.17, 15) is 14.4 Å². The van der Waals surface area contributed by atoms with E-state index in [0.717, 1.165) is 89.9 Å². The van der Waals surface area contributed by atoms with Gasteiger partial charge in [0.1, 0.15) is 13.2 Å². The molecule has 0 aliphatic carbocycles. The highest BCUT2D eigenvalue weighted by molar-refractivity contribution is 5.71. The van der Waals surface area contributed by atoms with Gasteiger partial charge in [-0.25, -0.2) is 0 Å². The molecule has 444 valence electrons. The number of carbonyl (C=O) groups is 3. The zero-order valence-corrected chi connectivity index (χ0v) is 51.0. The lowest BCUT2D eigenvalue weighted by atomic mass is 10.0. The third-order valence-corrected chi connectivity index (χ3v) is 14.4. The second-order valence-corrected chi connectivity index (χ2v) is 22.0. The van der Waals surface area contributed by atoms with Crippen LogP contribution in [0.2, 0.25) is 0 Å². The minimum absolute atomic E-state index is 0.107. The van der Waals surface area contributed by atoms with Crippen LogP contribution in [0.15, 0.2) is 85.1 Å². The Balaban J connectivity index is 4.32. The Morgan fingerprint density at radius 2 is 0.532 bits per heavy atom. The number of rotatable bonds is 60.